The van der Waals surface area contributed by atoms with Crippen LogP contribution in [0.2, 0.25) is 0 Å². The maximum absolute atomic E-state index is 11.9. The normalized spacial score (nSPS) is 19.2. The molecule has 0 aromatic carbocycles. The van der Waals surface area contributed by atoms with Gasteiger partial charge in [-0.2, -0.15) is 12.7 Å². The molecule has 0 aromatic rings. The molecule has 96 valence electrons. The summed E-state index contributed by atoms with van der Waals surface area (Å²) in [6.45, 7) is 5.54. The van der Waals surface area contributed by atoms with E-state index in [1.54, 1.807) is 0 Å². The van der Waals surface area contributed by atoms with Gasteiger partial charge < -0.3 is 5.73 Å². The molecule has 16 heavy (non-hydrogen) atoms. The Hall–Kier alpha value is -0.170. The van der Waals surface area contributed by atoms with E-state index >= 15 is 0 Å². The highest BCUT2D eigenvalue weighted by atomic mass is 32.2. The second-order valence-electron chi connectivity index (χ2n) is 4.50. The topological polar surface area (TPSA) is 75.4 Å². The second-order valence-corrected chi connectivity index (χ2v) is 6.26. The molecule has 1 heterocycles. The minimum atomic E-state index is -3.31. The molecule has 0 amide bonds. The van der Waals surface area contributed by atoms with Crippen molar-refractivity contribution in [2.75, 3.05) is 19.6 Å². The van der Waals surface area contributed by atoms with Crippen LogP contribution in [0.1, 0.15) is 39.5 Å². The Morgan fingerprint density at radius 2 is 1.75 bits per heavy atom. The van der Waals surface area contributed by atoms with Crippen LogP contribution in [0, 0.1) is 0 Å². The summed E-state index contributed by atoms with van der Waals surface area (Å²) in [5.74, 6) is 0. The summed E-state index contributed by atoms with van der Waals surface area (Å²) >= 11 is 0. The van der Waals surface area contributed by atoms with Crippen LogP contribution in [0.4, 0.5) is 0 Å². The van der Waals surface area contributed by atoms with E-state index in [-0.39, 0.29) is 0 Å². The molecule has 1 saturated heterocycles. The predicted octanol–water partition coefficient (Wildman–Crippen LogP) is 0.434. The average molecular weight is 249 g/mol. The minimum absolute atomic E-state index is 0.318. The SMILES string of the molecule is CCC(N)(CC)CNS(=O)(=O)N1CCCC1. The Morgan fingerprint density at radius 1 is 1.25 bits per heavy atom. The third-order valence-electron chi connectivity index (χ3n) is 3.42. The van der Waals surface area contributed by atoms with Gasteiger partial charge in [-0.25, -0.2) is 4.72 Å². The van der Waals surface area contributed by atoms with Gasteiger partial charge in [-0.15, -0.1) is 0 Å². The number of nitrogens with one attached hydrogen (secondary N) is 1. The van der Waals surface area contributed by atoms with Crippen molar-refractivity contribution in [2.45, 2.75) is 45.1 Å². The van der Waals surface area contributed by atoms with E-state index in [0.29, 0.717) is 19.6 Å². The van der Waals surface area contributed by atoms with E-state index in [1.165, 1.54) is 4.31 Å². The van der Waals surface area contributed by atoms with Crippen LogP contribution in [0.15, 0.2) is 0 Å². The van der Waals surface area contributed by atoms with Gasteiger partial charge in [0.25, 0.3) is 10.2 Å². The highest BCUT2D eigenvalue weighted by Gasteiger charge is 2.28. The second kappa shape index (κ2) is 5.44. The fourth-order valence-electron chi connectivity index (χ4n) is 1.75. The summed E-state index contributed by atoms with van der Waals surface area (Å²) in [7, 11) is -3.31. The maximum Gasteiger partial charge on any atom is 0.279 e. The first-order valence-electron chi connectivity index (χ1n) is 5.97. The largest absolute Gasteiger partial charge is 0.324 e. The van der Waals surface area contributed by atoms with Gasteiger partial charge in [0.05, 0.1) is 0 Å². The first-order chi connectivity index (χ1) is 7.43. The fourth-order valence-corrected chi connectivity index (χ4v) is 3.15. The molecule has 3 N–H and O–H groups in total. The molecule has 0 radical (unpaired) electrons. The highest BCUT2D eigenvalue weighted by molar-refractivity contribution is 7.87. The van der Waals surface area contributed by atoms with Crippen molar-refractivity contribution in [2.24, 2.45) is 5.73 Å². The number of nitrogens with two attached hydrogens (primary N) is 1. The van der Waals surface area contributed by atoms with Crippen LogP contribution in [0.25, 0.3) is 0 Å². The molecule has 5 nitrogen and oxygen atoms in total. The van der Waals surface area contributed by atoms with Gasteiger partial charge in [0.15, 0.2) is 0 Å². The van der Waals surface area contributed by atoms with Crippen molar-refractivity contribution in [3.05, 3.63) is 0 Å². The predicted molar refractivity (Wildman–Crippen MR) is 65.2 cm³/mol. The van der Waals surface area contributed by atoms with Crippen molar-refractivity contribution in [3.8, 4) is 0 Å². The molecule has 1 fully saturated rings. The van der Waals surface area contributed by atoms with E-state index < -0.39 is 15.7 Å². The summed E-state index contributed by atoms with van der Waals surface area (Å²) in [6, 6.07) is 0. The van der Waals surface area contributed by atoms with Gasteiger partial charge in [-0.05, 0) is 25.7 Å². The standard InChI is InChI=1S/C10H23N3O2S/c1-3-10(11,4-2)9-12-16(14,15)13-7-5-6-8-13/h12H,3-9,11H2,1-2H3. The van der Waals surface area contributed by atoms with Crippen LogP contribution in [-0.2, 0) is 10.2 Å². The first kappa shape index (κ1) is 13.9. The lowest BCUT2D eigenvalue weighted by molar-refractivity contribution is 0.382. The minimum Gasteiger partial charge on any atom is -0.324 e. The number of hydrogen-bond donors (Lipinski definition) is 2. The lowest BCUT2D eigenvalue weighted by Crippen LogP contribution is -2.51. The van der Waals surface area contributed by atoms with Crippen LogP contribution in [-0.4, -0.2) is 37.9 Å². The smallest absolute Gasteiger partial charge is 0.279 e. The molecule has 1 aliphatic heterocycles. The van der Waals surface area contributed by atoms with Gasteiger partial charge in [0, 0.05) is 25.2 Å². The van der Waals surface area contributed by atoms with Crippen molar-refractivity contribution < 1.29 is 8.42 Å². The van der Waals surface area contributed by atoms with Gasteiger partial charge in [-0.1, -0.05) is 13.8 Å². The molecule has 6 heteroatoms. The monoisotopic (exact) mass is 249 g/mol. The lowest BCUT2D eigenvalue weighted by Gasteiger charge is -2.28. The van der Waals surface area contributed by atoms with Crippen molar-refractivity contribution >= 4 is 10.2 Å². The third-order valence-corrected chi connectivity index (χ3v) is 4.97. The molecular weight excluding hydrogens is 226 g/mol. The summed E-state index contributed by atoms with van der Waals surface area (Å²) in [5.41, 5.74) is 5.63. The van der Waals surface area contributed by atoms with Gasteiger partial charge in [0.1, 0.15) is 0 Å². The van der Waals surface area contributed by atoms with Gasteiger partial charge in [-0.3, -0.25) is 0 Å². The van der Waals surface area contributed by atoms with Gasteiger partial charge >= 0.3 is 0 Å². The zero-order valence-electron chi connectivity index (χ0n) is 10.2. The number of hydrogen-bond acceptors (Lipinski definition) is 3. The summed E-state index contributed by atoms with van der Waals surface area (Å²) in [4.78, 5) is 0. The molecule has 1 aliphatic rings. The Balaban J connectivity index is 2.53. The summed E-state index contributed by atoms with van der Waals surface area (Å²) in [6.07, 6.45) is 3.45. The van der Waals surface area contributed by atoms with Crippen molar-refractivity contribution in [1.82, 2.24) is 9.03 Å². The molecule has 0 aromatic heterocycles. The van der Waals surface area contributed by atoms with E-state index in [0.717, 1.165) is 25.7 Å². The Bertz CT molecular complexity index is 306. The maximum atomic E-state index is 11.9. The lowest BCUT2D eigenvalue weighted by atomic mass is 9.95. The molecule has 0 spiro atoms. The quantitative estimate of drug-likeness (QED) is 0.717. The van der Waals surface area contributed by atoms with Gasteiger partial charge in [0.2, 0.25) is 0 Å². The van der Waals surface area contributed by atoms with Crippen LogP contribution >= 0.6 is 0 Å². The molecular formula is C10H23N3O2S. The van der Waals surface area contributed by atoms with E-state index in [4.69, 9.17) is 5.73 Å². The molecule has 0 unspecified atom stereocenters. The van der Waals surface area contributed by atoms with E-state index in [9.17, 15) is 8.42 Å². The Morgan fingerprint density at radius 3 is 2.19 bits per heavy atom. The van der Waals surface area contributed by atoms with Crippen molar-refractivity contribution in [1.29, 1.82) is 0 Å². The third kappa shape index (κ3) is 3.41. The number of nitrogens with zero attached hydrogens (tertiary/aromatic N) is 1. The number of rotatable bonds is 6. The first-order valence-corrected chi connectivity index (χ1v) is 7.41. The van der Waals surface area contributed by atoms with E-state index in [1.807, 2.05) is 13.8 Å². The molecule has 0 atom stereocenters. The van der Waals surface area contributed by atoms with E-state index in [2.05, 4.69) is 4.72 Å². The van der Waals surface area contributed by atoms with Crippen LogP contribution in [0.3, 0.4) is 0 Å². The zero-order chi connectivity index (χ0) is 12.2. The Labute approximate surface area is 98.6 Å². The highest BCUT2D eigenvalue weighted by Crippen LogP contribution is 2.14. The van der Waals surface area contributed by atoms with Crippen LogP contribution < -0.4 is 10.5 Å². The zero-order valence-corrected chi connectivity index (χ0v) is 11.0. The Kier molecular flexibility index (Phi) is 4.73. The molecule has 0 bridgehead atoms. The molecule has 1 rings (SSSR count). The fraction of sp³-hybridized carbons (Fsp3) is 1.00. The average Bonchev–Trinajstić information content (AvgIpc) is 2.80. The van der Waals surface area contributed by atoms with Crippen LogP contribution in [0.5, 0.6) is 0 Å². The summed E-state index contributed by atoms with van der Waals surface area (Å²) in [5, 5.41) is 0. The molecule has 0 saturated carbocycles. The molecule has 0 aliphatic carbocycles. The summed E-state index contributed by atoms with van der Waals surface area (Å²) < 4.78 is 27.9. The van der Waals surface area contributed by atoms with Crippen molar-refractivity contribution in [3.63, 3.8) is 0 Å².